The number of amides is 2. The standard InChI is InChI=1S/C16H25N3O2/c1-12(2)21-15-7-5-4-6-14(15)18-16(20)17-13-8-10-19(3)11-9-13/h4-7,12-13H,8-11H2,1-3H3,(H2,17,18,20). The number of nitrogens with one attached hydrogen (secondary N) is 2. The van der Waals surface area contributed by atoms with E-state index >= 15 is 0 Å². The van der Waals surface area contributed by atoms with Crippen molar-refractivity contribution in [1.82, 2.24) is 10.2 Å². The Hall–Kier alpha value is -1.75. The van der Waals surface area contributed by atoms with E-state index in [2.05, 4.69) is 22.6 Å². The normalized spacial score (nSPS) is 16.8. The van der Waals surface area contributed by atoms with Gasteiger partial charge in [-0.1, -0.05) is 12.1 Å². The van der Waals surface area contributed by atoms with Crippen LogP contribution in [0.15, 0.2) is 24.3 Å². The molecule has 0 atom stereocenters. The summed E-state index contributed by atoms with van der Waals surface area (Å²) < 4.78 is 5.70. The van der Waals surface area contributed by atoms with Gasteiger partial charge in [0, 0.05) is 6.04 Å². The van der Waals surface area contributed by atoms with Crippen LogP contribution < -0.4 is 15.4 Å². The van der Waals surface area contributed by atoms with Crippen LogP contribution in [0.2, 0.25) is 0 Å². The molecule has 116 valence electrons. The van der Waals surface area contributed by atoms with Gasteiger partial charge in [0.1, 0.15) is 5.75 Å². The summed E-state index contributed by atoms with van der Waals surface area (Å²) in [6, 6.07) is 7.59. The highest BCUT2D eigenvalue weighted by atomic mass is 16.5. The van der Waals surface area contributed by atoms with Crippen LogP contribution in [-0.2, 0) is 0 Å². The zero-order valence-corrected chi connectivity index (χ0v) is 13.1. The molecular formula is C16H25N3O2. The van der Waals surface area contributed by atoms with Crippen molar-refractivity contribution in [2.24, 2.45) is 0 Å². The Bertz CT molecular complexity index is 468. The smallest absolute Gasteiger partial charge is 0.319 e. The monoisotopic (exact) mass is 291 g/mol. The number of likely N-dealkylation sites (tertiary alicyclic amines) is 1. The van der Waals surface area contributed by atoms with Gasteiger partial charge in [0.15, 0.2) is 0 Å². The van der Waals surface area contributed by atoms with E-state index in [1.165, 1.54) is 0 Å². The van der Waals surface area contributed by atoms with Gasteiger partial charge in [0.05, 0.1) is 11.8 Å². The molecule has 2 amide bonds. The van der Waals surface area contributed by atoms with Crippen LogP contribution in [-0.4, -0.2) is 43.2 Å². The van der Waals surface area contributed by atoms with Crippen molar-refractivity contribution in [2.75, 3.05) is 25.5 Å². The van der Waals surface area contributed by atoms with Gasteiger partial charge in [0.2, 0.25) is 0 Å². The van der Waals surface area contributed by atoms with E-state index in [1.807, 2.05) is 38.1 Å². The van der Waals surface area contributed by atoms with E-state index in [9.17, 15) is 4.79 Å². The molecule has 1 aromatic carbocycles. The molecular weight excluding hydrogens is 266 g/mol. The van der Waals surface area contributed by atoms with Gasteiger partial charge in [-0.2, -0.15) is 0 Å². The fourth-order valence-electron chi connectivity index (χ4n) is 2.42. The molecule has 1 heterocycles. The van der Waals surface area contributed by atoms with Crippen LogP contribution in [0.5, 0.6) is 5.75 Å². The summed E-state index contributed by atoms with van der Waals surface area (Å²) >= 11 is 0. The second-order valence-corrected chi connectivity index (χ2v) is 5.84. The molecule has 0 aromatic heterocycles. The van der Waals surface area contributed by atoms with Crippen LogP contribution in [0.1, 0.15) is 26.7 Å². The lowest BCUT2D eigenvalue weighted by Crippen LogP contribution is -2.44. The van der Waals surface area contributed by atoms with Crippen molar-refractivity contribution >= 4 is 11.7 Å². The minimum absolute atomic E-state index is 0.0740. The molecule has 2 rings (SSSR count). The number of urea groups is 1. The molecule has 2 N–H and O–H groups in total. The van der Waals surface area contributed by atoms with Crippen molar-refractivity contribution in [1.29, 1.82) is 0 Å². The average Bonchev–Trinajstić information content (AvgIpc) is 2.43. The summed E-state index contributed by atoms with van der Waals surface area (Å²) in [5.41, 5.74) is 0.705. The fraction of sp³-hybridized carbons (Fsp3) is 0.562. The van der Waals surface area contributed by atoms with E-state index in [4.69, 9.17) is 4.74 Å². The number of para-hydroxylation sites is 2. The van der Waals surface area contributed by atoms with Crippen LogP contribution in [0, 0.1) is 0 Å². The Balaban J connectivity index is 1.90. The summed E-state index contributed by atoms with van der Waals surface area (Å²) in [4.78, 5) is 14.4. The maximum absolute atomic E-state index is 12.1. The molecule has 0 unspecified atom stereocenters. The Morgan fingerprint density at radius 1 is 1.29 bits per heavy atom. The highest BCUT2D eigenvalue weighted by Crippen LogP contribution is 2.24. The van der Waals surface area contributed by atoms with Gasteiger partial charge in [-0.05, 0) is 59.0 Å². The Kier molecular flexibility index (Phi) is 5.44. The zero-order valence-electron chi connectivity index (χ0n) is 13.1. The number of carbonyl (C=O) groups is 1. The minimum atomic E-state index is -0.163. The predicted octanol–water partition coefficient (Wildman–Crippen LogP) is 2.69. The number of carbonyl (C=O) groups excluding carboxylic acids is 1. The van der Waals surface area contributed by atoms with Gasteiger partial charge in [-0.3, -0.25) is 0 Å². The Labute approximate surface area is 126 Å². The van der Waals surface area contributed by atoms with Gasteiger partial charge >= 0.3 is 6.03 Å². The fourth-order valence-corrected chi connectivity index (χ4v) is 2.42. The first kappa shape index (κ1) is 15.6. The summed E-state index contributed by atoms with van der Waals surface area (Å²) in [7, 11) is 2.11. The van der Waals surface area contributed by atoms with Crippen molar-refractivity contribution in [3.8, 4) is 5.75 Å². The number of piperidine rings is 1. The van der Waals surface area contributed by atoms with Gasteiger partial charge in [0.25, 0.3) is 0 Å². The van der Waals surface area contributed by atoms with Gasteiger partial charge < -0.3 is 20.3 Å². The SMILES string of the molecule is CC(C)Oc1ccccc1NC(=O)NC1CCN(C)CC1. The van der Waals surface area contributed by atoms with Crippen molar-refractivity contribution in [3.05, 3.63) is 24.3 Å². The number of ether oxygens (including phenoxy) is 1. The van der Waals surface area contributed by atoms with E-state index in [1.54, 1.807) is 0 Å². The first-order valence-electron chi connectivity index (χ1n) is 7.56. The highest BCUT2D eigenvalue weighted by Gasteiger charge is 2.18. The third kappa shape index (κ3) is 4.93. The number of anilines is 1. The van der Waals surface area contributed by atoms with Crippen molar-refractivity contribution in [2.45, 2.75) is 38.8 Å². The lowest BCUT2D eigenvalue weighted by atomic mass is 10.1. The van der Waals surface area contributed by atoms with Crippen molar-refractivity contribution in [3.63, 3.8) is 0 Å². The van der Waals surface area contributed by atoms with E-state index in [-0.39, 0.29) is 18.2 Å². The predicted molar refractivity (Wildman–Crippen MR) is 84.9 cm³/mol. The number of benzene rings is 1. The molecule has 1 saturated heterocycles. The molecule has 1 fully saturated rings. The molecule has 5 heteroatoms. The molecule has 0 aliphatic carbocycles. The topological polar surface area (TPSA) is 53.6 Å². The first-order valence-corrected chi connectivity index (χ1v) is 7.56. The molecule has 1 aliphatic heterocycles. The van der Waals surface area contributed by atoms with E-state index in [0.29, 0.717) is 11.4 Å². The van der Waals surface area contributed by atoms with Crippen LogP contribution in [0.4, 0.5) is 10.5 Å². The summed E-state index contributed by atoms with van der Waals surface area (Å²) in [6.07, 6.45) is 2.06. The first-order chi connectivity index (χ1) is 10.0. The number of nitrogens with zero attached hydrogens (tertiary/aromatic N) is 1. The molecule has 1 aromatic rings. The molecule has 0 saturated carbocycles. The molecule has 21 heavy (non-hydrogen) atoms. The van der Waals surface area contributed by atoms with Gasteiger partial charge in [-0.25, -0.2) is 4.79 Å². The van der Waals surface area contributed by atoms with Crippen LogP contribution in [0.25, 0.3) is 0 Å². The average molecular weight is 291 g/mol. The Morgan fingerprint density at radius 2 is 1.95 bits per heavy atom. The second kappa shape index (κ2) is 7.31. The Morgan fingerprint density at radius 3 is 2.62 bits per heavy atom. The third-order valence-electron chi connectivity index (χ3n) is 3.55. The maximum atomic E-state index is 12.1. The largest absolute Gasteiger partial charge is 0.489 e. The highest BCUT2D eigenvalue weighted by molar-refractivity contribution is 5.91. The number of hydrogen-bond acceptors (Lipinski definition) is 3. The molecule has 1 aliphatic rings. The zero-order chi connectivity index (χ0) is 15.2. The van der Waals surface area contributed by atoms with Crippen LogP contribution >= 0.6 is 0 Å². The molecule has 0 bridgehead atoms. The summed E-state index contributed by atoms with van der Waals surface area (Å²) in [5, 5.41) is 5.92. The van der Waals surface area contributed by atoms with E-state index in [0.717, 1.165) is 25.9 Å². The molecule has 0 spiro atoms. The third-order valence-corrected chi connectivity index (χ3v) is 3.55. The summed E-state index contributed by atoms with van der Waals surface area (Å²) in [5.74, 6) is 0.700. The lowest BCUT2D eigenvalue weighted by Gasteiger charge is -2.29. The quantitative estimate of drug-likeness (QED) is 0.897. The number of hydrogen-bond donors (Lipinski definition) is 2. The van der Waals surface area contributed by atoms with Gasteiger partial charge in [-0.15, -0.1) is 0 Å². The molecule has 0 radical (unpaired) electrons. The van der Waals surface area contributed by atoms with Crippen LogP contribution in [0.3, 0.4) is 0 Å². The van der Waals surface area contributed by atoms with E-state index < -0.39 is 0 Å². The minimum Gasteiger partial charge on any atom is -0.489 e. The second-order valence-electron chi connectivity index (χ2n) is 5.84. The maximum Gasteiger partial charge on any atom is 0.319 e. The number of rotatable bonds is 4. The van der Waals surface area contributed by atoms with Crippen molar-refractivity contribution < 1.29 is 9.53 Å². The molecule has 5 nitrogen and oxygen atoms in total. The summed E-state index contributed by atoms with van der Waals surface area (Å²) in [6.45, 7) is 5.99. The lowest BCUT2D eigenvalue weighted by molar-refractivity contribution is 0.221.